The van der Waals surface area contributed by atoms with E-state index in [2.05, 4.69) is 44.3 Å². The predicted octanol–water partition coefficient (Wildman–Crippen LogP) is 3.38. The van der Waals surface area contributed by atoms with E-state index in [0.717, 1.165) is 5.75 Å². The molecule has 0 saturated heterocycles. The summed E-state index contributed by atoms with van der Waals surface area (Å²) < 4.78 is 0. The molecule has 20 heavy (non-hydrogen) atoms. The van der Waals surface area contributed by atoms with Gasteiger partial charge in [-0.1, -0.05) is 36.2 Å². The maximum Gasteiger partial charge on any atom is 0.323 e. The van der Waals surface area contributed by atoms with E-state index in [0.29, 0.717) is 6.42 Å². The number of likely N-dealkylation sites (N-methyl/N-ethyl adjacent to an activating group) is 1. The Bertz CT molecular complexity index is 455. The van der Waals surface area contributed by atoms with Crippen molar-refractivity contribution in [1.29, 1.82) is 0 Å². The fraction of sp³-hybridized carbons (Fsp3) is 0.562. The maximum atomic E-state index is 11.3. The summed E-state index contributed by atoms with van der Waals surface area (Å²) in [6.07, 6.45) is 0.605. The highest BCUT2D eigenvalue weighted by Crippen LogP contribution is 2.26. The van der Waals surface area contributed by atoms with Crippen molar-refractivity contribution < 1.29 is 9.90 Å². The van der Waals surface area contributed by atoms with Gasteiger partial charge in [0.25, 0.3) is 0 Å². The molecule has 4 heteroatoms. The molecule has 1 rings (SSSR count). The number of hydrogen-bond donors (Lipinski definition) is 2. The number of rotatable bonds is 7. The Hall–Kier alpha value is -1.00. The number of aryl methyl sites for hydroxylation is 2. The summed E-state index contributed by atoms with van der Waals surface area (Å²) in [7, 11) is 1.70. The highest BCUT2D eigenvalue weighted by atomic mass is 32.2. The summed E-state index contributed by atoms with van der Waals surface area (Å²) >= 11 is 1.80. The second-order valence-electron chi connectivity index (χ2n) is 5.71. The van der Waals surface area contributed by atoms with Crippen LogP contribution in [-0.2, 0) is 10.5 Å². The van der Waals surface area contributed by atoms with Crippen LogP contribution in [0.1, 0.15) is 37.0 Å². The molecule has 0 spiro atoms. The highest BCUT2D eigenvalue weighted by Gasteiger charge is 2.32. The molecule has 112 valence electrons. The van der Waals surface area contributed by atoms with Crippen molar-refractivity contribution in [2.24, 2.45) is 0 Å². The van der Waals surface area contributed by atoms with Crippen molar-refractivity contribution in [2.45, 2.75) is 50.7 Å². The van der Waals surface area contributed by atoms with Crippen molar-refractivity contribution in [3.8, 4) is 0 Å². The Kier molecular flexibility index (Phi) is 6.08. The van der Waals surface area contributed by atoms with Gasteiger partial charge in [-0.2, -0.15) is 11.8 Å². The first kappa shape index (κ1) is 17.1. The van der Waals surface area contributed by atoms with E-state index in [1.165, 1.54) is 16.7 Å². The lowest BCUT2D eigenvalue weighted by Crippen LogP contribution is -2.49. The Morgan fingerprint density at radius 3 is 2.35 bits per heavy atom. The normalized spacial score (nSPS) is 15.7. The molecule has 2 N–H and O–H groups in total. The Labute approximate surface area is 126 Å². The van der Waals surface area contributed by atoms with E-state index < -0.39 is 11.5 Å². The van der Waals surface area contributed by atoms with E-state index in [1.54, 1.807) is 25.7 Å². The second kappa shape index (κ2) is 7.14. The number of carbonyl (C=O) groups is 1. The van der Waals surface area contributed by atoms with Gasteiger partial charge >= 0.3 is 5.97 Å². The summed E-state index contributed by atoms with van der Waals surface area (Å²) in [5, 5.41) is 12.5. The molecule has 0 aliphatic carbocycles. The molecular formula is C16H25NO2S. The molecule has 0 aliphatic heterocycles. The molecule has 0 aliphatic rings. The van der Waals surface area contributed by atoms with Gasteiger partial charge in [0.2, 0.25) is 0 Å². The van der Waals surface area contributed by atoms with Crippen LogP contribution < -0.4 is 5.32 Å². The topological polar surface area (TPSA) is 49.3 Å². The first-order valence-corrected chi connectivity index (χ1v) is 7.93. The number of benzene rings is 1. The van der Waals surface area contributed by atoms with Gasteiger partial charge in [-0.15, -0.1) is 0 Å². The number of aliphatic carboxylic acids is 1. The lowest BCUT2D eigenvalue weighted by Gasteiger charge is -2.27. The second-order valence-corrected chi connectivity index (χ2v) is 7.14. The molecule has 0 amide bonds. The third-order valence-corrected chi connectivity index (χ3v) is 4.77. The van der Waals surface area contributed by atoms with Crippen LogP contribution in [0.2, 0.25) is 0 Å². The monoisotopic (exact) mass is 295 g/mol. The quantitative estimate of drug-likeness (QED) is 0.809. The minimum absolute atomic E-state index is 0.282. The van der Waals surface area contributed by atoms with Crippen LogP contribution in [0.5, 0.6) is 0 Å². The van der Waals surface area contributed by atoms with Gasteiger partial charge in [0.1, 0.15) is 5.54 Å². The molecule has 0 aromatic heterocycles. The molecule has 0 saturated carbocycles. The average Bonchev–Trinajstić information content (AvgIpc) is 2.35. The van der Waals surface area contributed by atoms with Crippen LogP contribution in [0, 0.1) is 13.8 Å². The zero-order valence-corrected chi connectivity index (χ0v) is 13.8. The average molecular weight is 295 g/mol. The van der Waals surface area contributed by atoms with Crippen LogP contribution in [-0.4, -0.2) is 28.9 Å². The summed E-state index contributed by atoms with van der Waals surface area (Å²) in [5.41, 5.74) is 3.01. The number of carboxylic acids is 1. The van der Waals surface area contributed by atoms with Gasteiger partial charge < -0.3 is 10.4 Å². The number of hydrogen-bond acceptors (Lipinski definition) is 3. The molecule has 1 aromatic carbocycles. The molecule has 0 bridgehead atoms. The Morgan fingerprint density at radius 2 is 1.90 bits per heavy atom. The molecule has 0 fully saturated rings. The largest absolute Gasteiger partial charge is 0.480 e. The van der Waals surface area contributed by atoms with Crippen LogP contribution in [0.25, 0.3) is 0 Å². The van der Waals surface area contributed by atoms with Crippen LogP contribution in [0.15, 0.2) is 18.2 Å². The van der Waals surface area contributed by atoms with E-state index in [9.17, 15) is 9.90 Å². The van der Waals surface area contributed by atoms with E-state index in [1.807, 2.05) is 0 Å². The molecule has 2 atom stereocenters. The van der Waals surface area contributed by atoms with Gasteiger partial charge in [0, 0.05) is 11.0 Å². The molecule has 3 nitrogen and oxygen atoms in total. The maximum absolute atomic E-state index is 11.3. The van der Waals surface area contributed by atoms with Crippen molar-refractivity contribution >= 4 is 17.7 Å². The minimum atomic E-state index is -0.852. The minimum Gasteiger partial charge on any atom is -0.480 e. The van der Waals surface area contributed by atoms with Gasteiger partial charge in [-0.25, -0.2) is 0 Å². The number of carboxylic acid groups (broad SMARTS) is 1. The number of nitrogens with one attached hydrogen (secondary N) is 1. The first-order chi connectivity index (χ1) is 9.26. The van der Waals surface area contributed by atoms with Crippen molar-refractivity contribution in [2.75, 3.05) is 7.05 Å². The first-order valence-electron chi connectivity index (χ1n) is 6.88. The van der Waals surface area contributed by atoms with Gasteiger partial charge in [0.05, 0.1) is 0 Å². The number of thioether (sulfide) groups is 1. The summed E-state index contributed by atoms with van der Waals surface area (Å²) in [6.45, 7) is 8.04. The third-order valence-electron chi connectivity index (χ3n) is 3.54. The van der Waals surface area contributed by atoms with E-state index in [-0.39, 0.29) is 5.25 Å². The van der Waals surface area contributed by atoms with Crippen molar-refractivity contribution in [1.82, 2.24) is 5.32 Å². The Balaban J connectivity index is 2.59. The highest BCUT2D eigenvalue weighted by molar-refractivity contribution is 7.99. The lowest BCUT2D eigenvalue weighted by molar-refractivity contribution is -0.144. The van der Waals surface area contributed by atoms with Gasteiger partial charge in [-0.3, -0.25) is 4.79 Å². The molecule has 2 unspecified atom stereocenters. The van der Waals surface area contributed by atoms with Gasteiger partial charge in [-0.05, 0) is 39.8 Å². The summed E-state index contributed by atoms with van der Waals surface area (Å²) in [5.74, 6) is 0.127. The van der Waals surface area contributed by atoms with Crippen LogP contribution in [0.4, 0.5) is 0 Å². The SMILES string of the molecule is CNC(C)(CC(C)SCc1cc(C)cc(C)c1)C(=O)O. The summed E-state index contributed by atoms with van der Waals surface area (Å²) in [4.78, 5) is 11.3. The lowest BCUT2D eigenvalue weighted by atomic mass is 9.96. The smallest absolute Gasteiger partial charge is 0.323 e. The van der Waals surface area contributed by atoms with Crippen molar-refractivity contribution in [3.05, 3.63) is 34.9 Å². The van der Waals surface area contributed by atoms with Crippen LogP contribution in [0.3, 0.4) is 0 Å². The van der Waals surface area contributed by atoms with Crippen molar-refractivity contribution in [3.63, 3.8) is 0 Å². The molecule has 0 heterocycles. The molecule has 0 radical (unpaired) electrons. The van der Waals surface area contributed by atoms with Crippen LogP contribution >= 0.6 is 11.8 Å². The van der Waals surface area contributed by atoms with E-state index in [4.69, 9.17) is 0 Å². The fourth-order valence-electron chi connectivity index (χ4n) is 2.32. The zero-order chi connectivity index (χ0) is 15.3. The molecule has 1 aromatic rings. The zero-order valence-electron chi connectivity index (χ0n) is 13.0. The third kappa shape index (κ3) is 4.84. The predicted molar refractivity (Wildman–Crippen MR) is 86.4 cm³/mol. The Morgan fingerprint density at radius 1 is 1.35 bits per heavy atom. The van der Waals surface area contributed by atoms with E-state index >= 15 is 0 Å². The van der Waals surface area contributed by atoms with Gasteiger partial charge in [0.15, 0.2) is 0 Å². The standard InChI is InChI=1S/C16H25NO2S/c1-11-6-12(2)8-14(7-11)10-20-13(3)9-16(4,17-5)15(18)19/h6-8,13,17H,9-10H2,1-5H3,(H,18,19). The summed E-state index contributed by atoms with van der Waals surface area (Å²) in [6, 6.07) is 6.56. The molecular weight excluding hydrogens is 270 g/mol. The fourth-order valence-corrected chi connectivity index (χ4v) is 3.42.